The summed E-state index contributed by atoms with van der Waals surface area (Å²) < 4.78 is 1.57. The van der Waals surface area contributed by atoms with Crippen LogP contribution in [0.1, 0.15) is 10.4 Å². The number of rotatable bonds is 5. The summed E-state index contributed by atoms with van der Waals surface area (Å²) in [5.41, 5.74) is 1.14. The number of hydrogen-bond donors (Lipinski definition) is 2. The van der Waals surface area contributed by atoms with Crippen molar-refractivity contribution in [2.24, 2.45) is 0 Å². The van der Waals surface area contributed by atoms with Gasteiger partial charge in [0.2, 0.25) is 0 Å². The molecule has 0 aliphatic carbocycles. The monoisotopic (exact) mass is 345 g/mol. The van der Waals surface area contributed by atoms with Crippen molar-refractivity contribution in [2.75, 3.05) is 6.54 Å². The standard InChI is InChI=1S/C13H13BrClNOS/c14-11-7-9(1-3-12(11)17)8-16-6-5-10-2-4-13(15)18-10/h1-4,7,16-17H,5-6,8H2. The molecule has 1 aromatic heterocycles. The van der Waals surface area contributed by atoms with Gasteiger partial charge in [-0.25, -0.2) is 0 Å². The summed E-state index contributed by atoms with van der Waals surface area (Å²) in [6, 6.07) is 9.52. The molecule has 1 aromatic carbocycles. The second-order valence-electron chi connectivity index (χ2n) is 3.92. The van der Waals surface area contributed by atoms with Crippen LogP contribution >= 0.6 is 38.9 Å². The predicted molar refractivity (Wildman–Crippen MR) is 80.5 cm³/mol. The highest BCUT2D eigenvalue weighted by atomic mass is 79.9. The van der Waals surface area contributed by atoms with Gasteiger partial charge in [0.05, 0.1) is 8.81 Å². The summed E-state index contributed by atoms with van der Waals surface area (Å²) in [6.07, 6.45) is 0.983. The summed E-state index contributed by atoms with van der Waals surface area (Å²) in [4.78, 5) is 1.29. The quantitative estimate of drug-likeness (QED) is 0.795. The van der Waals surface area contributed by atoms with E-state index >= 15 is 0 Å². The maximum absolute atomic E-state index is 9.39. The molecule has 1 heterocycles. The molecule has 0 amide bonds. The van der Waals surface area contributed by atoms with E-state index in [1.165, 1.54) is 4.88 Å². The Labute approximate surface area is 124 Å². The van der Waals surface area contributed by atoms with Gasteiger partial charge in [-0.15, -0.1) is 11.3 Å². The molecule has 18 heavy (non-hydrogen) atoms. The molecule has 2 aromatic rings. The first-order valence-electron chi connectivity index (χ1n) is 5.57. The zero-order chi connectivity index (χ0) is 13.0. The number of phenolic OH excluding ortho intramolecular Hbond substituents is 1. The fourth-order valence-corrected chi connectivity index (χ4v) is 3.10. The smallest absolute Gasteiger partial charge is 0.129 e. The summed E-state index contributed by atoms with van der Waals surface area (Å²) in [5.74, 6) is 0.270. The minimum Gasteiger partial charge on any atom is -0.507 e. The molecule has 0 aliphatic rings. The predicted octanol–water partition coefficient (Wildman–Crippen LogP) is 4.20. The molecule has 0 saturated heterocycles. The van der Waals surface area contributed by atoms with E-state index in [4.69, 9.17) is 11.6 Å². The van der Waals surface area contributed by atoms with Crippen LogP contribution in [0.4, 0.5) is 0 Å². The molecule has 0 saturated carbocycles. The van der Waals surface area contributed by atoms with E-state index in [0.29, 0.717) is 0 Å². The van der Waals surface area contributed by atoms with Crippen molar-refractivity contribution in [3.63, 3.8) is 0 Å². The van der Waals surface area contributed by atoms with Crippen molar-refractivity contribution in [1.29, 1.82) is 0 Å². The zero-order valence-electron chi connectivity index (χ0n) is 9.62. The van der Waals surface area contributed by atoms with Gasteiger partial charge in [0.25, 0.3) is 0 Å². The highest BCUT2D eigenvalue weighted by molar-refractivity contribution is 9.10. The zero-order valence-corrected chi connectivity index (χ0v) is 12.8. The molecule has 2 nitrogen and oxygen atoms in total. The first-order chi connectivity index (χ1) is 8.65. The lowest BCUT2D eigenvalue weighted by atomic mass is 10.2. The van der Waals surface area contributed by atoms with Crippen LogP contribution in [0.3, 0.4) is 0 Å². The Hall–Kier alpha value is -0.550. The Bertz CT molecular complexity index is 529. The van der Waals surface area contributed by atoms with Gasteiger partial charge in [0.1, 0.15) is 5.75 Å². The molecule has 0 aliphatic heterocycles. The Morgan fingerprint density at radius 3 is 2.78 bits per heavy atom. The van der Waals surface area contributed by atoms with Gasteiger partial charge in [-0.1, -0.05) is 17.7 Å². The normalized spacial score (nSPS) is 10.8. The lowest BCUT2D eigenvalue weighted by Crippen LogP contribution is -2.16. The average molecular weight is 347 g/mol. The van der Waals surface area contributed by atoms with Gasteiger partial charge in [-0.2, -0.15) is 0 Å². The Morgan fingerprint density at radius 1 is 1.28 bits per heavy atom. The summed E-state index contributed by atoms with van der Waals surface area (Å²) in [6.45, 7) is 1.70. The third-order valence-electron chi connectivity index (χ3n) is 2.52. The largest absolute Gasteiger partial charge is 0.507 e. The first kappa shape index (κ1) is 13.9. The number of benzene rings is 1. The van der Waals surface area contributed by atoms with Crippen LogP contribution in [0, 0.1) is 0 Å². The summed E-state index contributed by atoms with van der Waals surface area (Å²) >= 11 is 10.8. The van der Waals surface area contributed by atoms with Gasteiger partial charge in [-0.3, -0.25) is 0 Å². The topological polar surface area (TPSA) is 32.3 Å². The van der Waals surface area contributed by atoms with E-state index < -0.39 is 0 Å². The van der Waals surface area contributed by atoms with Gasteiger partial charge >= 0.3 is 0 Å². The summed E-state index contributed by atoms with van der Waals surface area (Å²) in [7, 11) is 0. The maximum atomic E-state index is 9.39. The average Bonchev–Trinajstić information content (AvgIpc) is 2.75. The highest BCUT2D eigenvalue weighted by Gasteiger charge is 2.00. The van der Waals surface area contributed by atoms with E-state index in [1.807, 2.05) is 18.2 Å². The molecule has 2 N–H and O–H groups in total. The minimum atomic E-state index is 0.270. The molecule has 96 valence electrons. The molecule has 0 unspecified atom stereocenters. The molecule has 5 heteroatoms. The van der Waals surface area contributed by atoms with Crippen LogP contribution < -0.4 is 5.32 Å². The lowest BCUT2D eigenvalue weighted by molar-refractivity contribution is 0.471. The fraction of sp³-hybridized carbons (Fsp3) is 0.231. The van der Waals surface area contributed by atoms with E-state index in [-0.39, 0.29) is 5.75 Å². The molecule has 0 spiro atoms. The Morgan fingerprint density at radius 2 is 2.11 bits per heavy atom. The van der Waals surface area contributed by atoms with Crippen LogP contribution in [0.2, 0.25) is 4.34 Å². The van der Waals surface area contributed by atoms with Gasteiger partial charge in [-0.05, 0) is 52.2 Å². The third kappa shape index (κ3) is 3.99. The molecular formula is C13H13BrClNOS. The molecule has 2 rings (SSSR count). The van der Waals surface area contributed by atoms with Crippen molar-refractivity contribution in [3.05, 3.63) is 49.6 Å². The third-order valence-corrected chi connectivity index (χ3v) is 4.44. The first-order valence-corrected chi connectivity index (χ1v) is 7.56. The van der Waals surface area contributed by atoms with E-state index in [2.05, 4.69) is 27.3 Å². The van der Waals surface area contributed by atoms with E-state index in [0.717, 1.165) is 33.9 Å². The molecule has 0 atom stereocenters. The van der Waals surface area contributed by atoms with Crippen LogP contribution in [0.15, 0.2) is 34.8 Å². The molecule has 0 fully saturated rings. The van der Waals surface area contributed by atoms with Gasteiger partial charge in [0, 0.05) is 18.0 Å². The van der Waals surface area contributed by atoms with E-state index in [1.54, 1.807) is 17.4 Å². The number of hydrogen-bond acceptors (Lipinski definition) is 3. The number of nitrogens with one attached hydrogen (secondary N) is 1. The van der Waals surface area contributed by atoms with Crippen LogP contribution in [-0.4, -0.2) is 11.7 Å². The van der Waals surface area contributed by atoms with Crippen LogP contribution in [0.5, 0.6) is 5.75 Å². The Kier molecular flexibility index (Phi) is 5.06. The number of thiophene rings is 1. The van der Waals surface area contributed by atoms with E-state index in [9.17, 15) is 5.11 Å². The highest BCUT2D eigenvalue weighted by Crippen LogP contribution is 2.24. The Balaban J connectivity index is 1.76. The number of phenols is 1. The fourth-order valence-electron chi connectivity index (χ4n) is 1.59. The van der Waals surface area contributed by atoms with Crippen molar-refractivity contribution >= 4 is 38.9 Å². The lowest BCUT2D eigenvalue weighted by Gasteiger charge is -2.05. The van der Waals surface area contributed by atoms with Crippen LogP contribution in [0.25, 0.3) is 0 Å². The second kappa shape index (κ2) is 6.57. The number of aromatic hydroxyl groups is 1. The van der Waals surface area contributed by atoms with Crippen molar-refractivity contribution in [1.82, 2.24) is 5.32 Å². The molecular weight excluding hydrogens is 334 g/mol. The van der Waals surface area contributed by atoms with Gasteiger partial charge < -0.3 is 10.4 Å². The van der Waals surface area contributed by atoms with Gasteiger partial charge in [0.15, 0.2) is 0 Å². The summed E-state index contributed by atoms with van der Waals surface area (Å²) in [5, 5.41) is 12.8. The second-order valence-corrected chi connectivity index (χ2v) is 6.57. The minimum absolute atomic E-state index is 0.270. The van der Waals surface area contributed by atoms with Crippen LogP contribution in [-0.2, 0) is 13.0 Å². The maximum Gasteiger partial charge on any atom is 0.129 e. The molecule has 0 bridgehead atoms. The number of halogens is 2. The van der Waals surface area contributed by atoms with Crippen molar-refractivity contribution < 1.29 is 5.11 Å². The SMILES string of the molecule is Oc1ccc(CNCCc2ccc(Cl)s2)cc1Br. The van der Waals surface area contributed by atoms with Crippen molar-refractivity contribution in [3.8, 4) is 5.75 Å². The molecule has 0 radical (unpaired) electrons. The van der Waals surface area contributed by atoms with Crippen molar-refractivity contribution in [2.45, 2.75) is 13.0 Å².